The van der Waals surface area contributed by atoms with Crippen LogP contribution in [0.5, 0.6) is 0 Å². The van der Waals surface area contributed by atoms with Crippen molar-refractivity contribution < 1.29 is 4.74 Å². The number of fused-ring (bicyclic) bond motifs is 1. The van der Waals surface area contributed by atoms with Crippen molar-refractivity contribution in [1.29, 1.82) is 0 Å². The highest BCUT2D eigenvalue weighted by Gasteiger charge is 2.13. The molecular weight excluding hydrogens is 226 g/mol. The van der Waals surface area contributed by atoms with Gasteiger partial charge in [0.05, 0.1) is 17.8 Å². The van der Waals surface area contributed by atoms with E-state index in [-0.39, 0.29) is 0 Å². The number of rotatable bonds is 6. The third-order valence-electron chi connectivity index (χ3n) is 3.13. The minimum Gasteiger partial charge on any atom is -0.383 e. The number of benzene rings is 1. The highest BCUT2D eigenvalue weighted by Crippen LogP contribution is 2.18. The van der Waals surface area contributed by atoms with Crippen LogP contribution in [0.1, 0.15) is 12.6 Å². The molecule has 0 spiro atoms. The molecule has 1 heterocycles. The molecule has 0 radical (unpaired) electrons. The van der Waals surface area contributed by atoms with Crippen LogP contribution < -0.4 is 5.32 Å². The minimum absolute atomic E-state index is 0.318. The third-order valence-corrected chi connectivity index (χ3v) is 3.13. The molecule has 0 amide bonds. The molecular formula is C14H21N3O. The van der Waals surface area contributed by atoms with Crippen LogP contribution in [0.2, 0.25) is 0 Å². The van der Waals surface area contributed by atoms with E-state index in [0.29, 0.717) is 12.6 Å². The van der Waals surface area contributed by atoms with E-state index in [1.165, 1.54) is 10.9 Å². The summed E-state index contributed by atoms with van der Waals surface area (Å²) in [5.74, 6) is 0. The topological polar surface area (TPSA) is 39.1 Å². The van der Waals surface area contributed by atoms with Gasteiger partial charge in [0.15, 0.2) is 0 Å². The van der Waals surface area contributed by atoms with Gasteiger partial charge in [-0.05, 0) is 12.6 Å². The highest BCUT2D eigenvalue weighted by atomic mass is 16.5. The summed E-state index contributed by atoms with van der Waals surface area (Å²) in [7, 11) is 3.73. The number of hydrogen-bond acceptors (Lipinski definition) is 3. The fourth-order valence-electron chi connectivity index (χ4n) is 2.35. The molecule has 0 saturated carbocycles. The average molecular weight is 247 g/mol. The summed E-state index contributed by atoms with van der Waals surface area (Å²) in [6.07, 6.45) is 0.892. The zero-order valence-corrected chi connectivity index (χ0v) is 11.3. The van der Waals surface area contributed by atoms with E-state index in [9.17, 15) is 0 Å². The lowest BCUT2D eigenvalue weighted by Gasteiger charge is -2.15. The van der Waals surface area contributed by atoms with Gasteiger partial charge in [0.25, 0.3) is 0 Å². The Morgan fingerprint density at radius 1 is 1.39 bits per heavy atom. The normalized spacial score (nSPS) is 13.1. The first kappa shape index (κ1) is 13.1. The second-order valence-electron chi connectivity index (χ2n) is 4.50. The van der Waals surface area contributed by atoms with Crippen LogP contribution >= 0.6 is 0 Å². The molecule has 4 nitrogen and oxygen atoms in total. The van der Waals surface area contributed by atoms with E-state index in [4.69, 9.17) is 4.74 Å². The first-order chi connectivity index (χ1) is 8.76. The van der Waals surface area contributed by atoms with Crippen molar-refractivity contribution in [2.45, 2.75) is 19.4 Å². The number of methoxy groups -OCH3 is 1. The number of hydrogen-bond donors (Lipinski definition) is 1. The Balaban J connectivity index is 2.24. The molecule has 4 heteroatoms. The Morgan fingerprint density at radius 3 is 2.89 bits per heavy atom. The molecule has 2 rings (SSSR count). The summed E-state index contributed by atoms with van der Waals surface area (Å²) in [5.41, 5.74) is 2.32. The SMILES string of the molecule is CCNC(COC)Cc1nn(C)c2ccccc12. The second-order valence-corrected chi connectivity index (χ2v) is 4.50. The molecule has 0 aliphatic heterocycles. The summed E-state index contributed by atoms with van der Waals surface area (Å²) in [6.45, 7) is 3.76. The van der Waals surface area contributed by atoms with Gasteiger partial charge in [-0.15, -0.1) is 0 Å². The van der Waals surface area contributed by atoms with Crippen molar-refractivity contribution in [3.63, 3.8) is 0 Å². The van der Waals surface area contributed by atoms with Crippen molar-refractivity contribution in [1.82, 2.24) is 15.1 Å². The van der Waals surface area contributed by atoms with Crippen LogP contribution in [-0.2, 0) is 18.2 Å². The lowest BCUT2D eigenvalue weighted by Crippen LogP contribution is -2.35. The van der Waals surface area contributed by atoms with E-state index in [1.54, 1.807) is 7.11 Å². The van der Waals surface area contributed by atoms with Crippen molar-refractivity contribution in [2.75, 3.05) is 20.3 Å². The smallest absolute Gasteiger partial charge is 0.0719 e. The Labute approximate surface area is 108 Å². The first-order valence-corrected chi connectivity index (χ1v) is 6.39. The van der Waals surface area contributed by atoms with E-state index in [1.807, 2.05) is 17.8 Å². The van der Waals surface area contributed by atoms with Gasteiger partial charge in [-0.3, -0.25) is 4.68 Å². The van der Waals surface area contributed by atoms with Gasteiger partial charge in [0, 0.05) is 32.0 Å². The van der Waals surface area contributed by atoms with Crippen molar-refractivity contribution in [2.24, 2.45) is 7.05 Å². The number of likely N-dealkylation sites (N-methyl/N-ethyl adjacent to an activating group) is 1. The number of para-hydroxylation sites is 1. The quantitative estimate of drug-likeness (QED) is 0.845. The maximum Gasteiger partial charge on any atom is 0.0719 e. The van der Waals surface area contributed by atoms with Gasteiger partial charge in [-0.2, -0.15) is 5.10 Å². The van der Waals surface area contributed by atoms with E-state index >= 15 is 0 Å². The number of nitrogens with one attached hydrogen (secondary N) is 1. The van der Waals surface area contributed by atoms with Gasteiger partial charge in [0.1, 0.15) is 0 Å². The van der Waals surface area contributed by atoms with Gasteiger partial charge in [-0.1, -0.05) is 25.1 Å². The van der Waals surface area contributed by atoms with Crippen LogP contribution in [0.4, 0.5) is 0 Å². The Morgan fingerprint density at radius 2 is 2.17 bits per heavy atom. The molecule has 2 aromatic rings. The fourth-order valence-corrected chi connectivity index (χ4v) is 2.35. The van der Waals surface area contributed by atoms with Crippen LogP contribution in [0.15, 0.2) is 24.3 Å². The number of ether oxygens (including phenoxy) is 1. The molecule has 1 aromatic heterocycles. The number of nitrogens with zero attached hydrogens (tertiary/aromatic N) is 2. The van der Waals surface area contributed by atoms with Crippen molar-refractivity contribution >= 4 is 10.9 Å². The molecule has 1 N–H and O–H groups in total. The molecule has 1 unspecified atom stereocenters. The molecule has 0 aliphatic rings. The lowest BCUT2D eigenvalue weighted by atomic mass is 10.1. The predicted octanol–water partition coefficient (Wildman–Crippen LogP) is 1.74. The summed E-state index contributed by atoms with van der Waals surface area (Å²) in [6, 6.07) is 8.66. The monoisotopic (exact) mass is 247 g/mol. The van der Waals surface area contributed by atoms with Crippen LogP contribution in [-0.4, -0.2) is 36.1 Å². The van der Waals surface area contributed by atoms with E-state index in [0.717, 1.165) is 18.7 Å². The second kappa shape index (κ2) is 5.98. The summed E-state index contributed by atoms with van der Waals surface area (Å²) >= 11 is 0. The molecule has 18 heavy (non-hydrogen) atoms. The van der Waals surface area contributed by atoms with Crippen molar-refractivity contribution in [3.05, 3.63) is 30.0 Å². The van der Waals surface area contributed by atoms with Gasteiger partial charge in [-0.25, -0.2) is 0 Å². The van der Waals surface area contributed by atoms with E-state index in [2.05, 4.69) is 35.5 Å². The molecule has 0 saturated heterocycles. The summed E-state index contributed by atoms with van der Waals surface area (Å²) in [4.78, 5) is 0. The van der Waals surface area contributed by atoms with Crippen LogP contribution in [0.25, 0.3) is 10.9 Å². The molecule has 1 aromatic carbocycles. The maximum absolute atomic E-state index is 5.25. The Kier molecular flexibility index (Phi) is 4.33. The van der Waals surface area contributed by atoms with Gasteiger partial charge < -0.3 is 10.1 Å². The van der Waals surface area contributed by atoms with Crippen LogP contribution in [0, 0.1) is 0 Å². The molecule has 0 aliphatic carbocycles. The number of aromatic nitrogens is 2. The molecule has 0 fully saturated rings. The standard InChI is InChI=1S/C14H21N3O/c1-4-15-11(10-18-3)9-13-12-7-5-6-8-14(12)17(2)16-13/h5-8,11,15H,4,9-10H2,1-3H3. The molecule has 0 bridgehead atoms. The first-order valence-electron chi connectivity index (χ1n) is 6.39. The number of aryl methyl sites for hydroxylation is 1. The lowest BCUT2D eigenvalue weighted by molar-refractivity contribution is 0.166. The fraction of sp³-hybridized carbons (Fsp3) is 0.500. The third kappa shape index (κ3) is 2.71. The van der Waals surface area contributed by atoms with E-state index < -0.39 is 0 Å². The van der Waals surface area contributed by atoms with Gasteiger partial charge >= 0.3 is 0 Å². The maximum atomic E-state index is 5.25. The highest BCUT2D eigenvalue weighted by molar-refractivity contribution is 5.81. The minimum atomic E-state index is 0.318. The zero-order valence-electron chi connectivity index (χ0n) is 11.3. The molecule has 98 valence electrons. The largest absolute Gasteiger partial charge is 0.383 e. The Hall–Kier alpha value is -1.39. The summed E-state index contributed by atoms with van der Waals surface area (Å²) in [5, 5.41) is 9.28. The predicted molar refractivity (Wildman–Crippen MR) is 73.8 cm³/mol. The Bertz CT molecular complexity index is 501. The summed E-state index contributed by atoms with van der Waals surface area (Å²) < 4.78 is 7.20. The van der Waals surface area contributed by atoms with Crippen LogP contribution in [0.3, 0.4) is 0 Å². The zero-order chi connectivity index (χ0) is 13.0. The average Bonchev–Trinajstić information content (AvgIpc) is 2.68. The van der Waals surface area contributed by atoms with Crippen molar-refractivity contribution in [3.8, 4) is 0 Å². The van der Waals surface area contributed by atoms with Gasteiger partial charge in [0.2, 0.25) is 0 Å². The molecule has 1 atom stereocenters.